The molecule has 0 aliphatic carbocycles. The summed E-state index contributed by atoms with van der Waals surface area (Å²) in [6.45, 7) is 1.55. The normalized spacial score (nSPS) is 11.1. The molecule has 0 radical (unpaired) electrons. The molecule has 2 heterocycles. The van der Waals surface area contributed by atoms with Gasteiger partial charge in [-0.3, -0.25) is 9.59 Å². The summed E-state index contributed by atoms with van der Waals surface area (Å²) in [6.07, 6.45) is 0. The number of fused-ring (bicyclic) bond motifs is 3. The van der Waals surface area contributed by atoms with Gasteiger partial charge in [-0.2, -0.15) is 0 Å². The van der Waals surface area contributed by atoms with Crippen molar-refractivity contribution in [3.05, 3.63) is 63.8 Å². The van der Waals surface area contributed by atoms with Gasteiger partial charge in [0.05, 0.1) is 7.11 Å². The van der Waals surface area contributed by atoms with E-state index in [9.17, 15) is 9.59 Å². The molecule has 0 aliphatic heterocycles. The smallest absolute Gasteiger partial charge is 0.266 e. The molecule has 0 fully saturated rings. The second-order valence-corrected chi connectivity index (χ2v) is 6.74. The first kappa shape index (κ1) is 15.6. The van der Waals surface area contributed by atoms with Crippen LogP contribution >= 0.6 is 11.3 Å². The molecular formula is C20H15NO3S. The molecule has 124 valence electrons. The summed E-state index contributed by atoms with van der Waals surface area (Å²) in [4.78, 5) is 27.0. The number of Topliss-reactive ketones (excluding diaryl/α,β-unsaturated/α-hetero) is 1. The Morgan fingerprint density at radius 2 is 2.00 bits per heavy atom. The lowest BCUT2D eigenvalue weighted by atomic mass is 9.95. The summed E-state index contributed by atoms with van der Waals surface area (Å²) < 4.78 is 6.28. The molecule has 25 heavy (non-hydrogen) atoms. The highest BCUT2D eigenvalue weighted by atomic mass is 32.1. The number of hydrogen-bond acceptors (Lipinski definition) is 4. The van der Waals surface area contributed by atoms with Crippen LogP contribution in [0.3, 0.4) is 0 Å². The van der Waals surface area contributed by atoms with Crippen LogP contribution in [-0.4, -0.2) is 17.9 Å². The van der Waals surface area contributed by atoms with Gasteiger partial charge in [-0.05, 0) is 42.1 Å². The van der Waals surface area contributed by atoms with Gasteiger partial charge in [0.25, 0.3) is 5.56 Å². The molecule has 4 nitrogen and oxygen atoms in total. The van der Waals surface area contributed by atoms with E-state index in [1.165, 1.54) is 11.3 Å². The number of rotatable bonds is 3. The average Bonchev–Trinajstić information content (AvgIpc) is 3.11. The van der Waals surface area contributed by atoms with Crippen molar-refractivity contribution < 1.29 is 9.53 Å². The standard InChI is InChI=1S/C20H15NO3S/c1-11(22)12-4-3-5-13(10-12)17-16(24-2)7-6-15-18(17)14-8-9-25-19(14)20(23)21-15/h3-10H,1-2H3,(H,21,23). The number of ether oxygens (including phenoxy) is 1. The van der Waals surface area contributed by atoms with E-state index in [0.717, 1.165) is 27.4 Å². The largest absolute Gasteiger partial charge is 0.496 e. The lowest BCUT2D eigenvalue weighted by molar-refractivity contribution is 0.101. The number of pyridine rings is 1. The van der Waals surface area contributed by atoms with Crippen LogP contribution in [0.4, 0.5) is 0 Å². The van der Waals surface area contributed by atoms with Crippen molar-refractivity contribution in [2.75, 3.05) is 7.11 Å². The summed E-state index contributed by atoms with van der Waals surface area (Å²) in [7, 11) is 1.62. The monoisotopic (exact) mass is 349 g/mol. The number of methoxy groups -OCH3 is 1. The van der Waals surface area contributed by atoms with E-state index in [-0.39, 0.29) is 11.3 Å². The van der Waals surface area contributed by atoms with Crippen molar-refractivity contribution in [2.45, 2.75) is 6.92 Å². The minimum Gasteiger partial charge on any atom is -0.496 e. The van der Waals surface area contributed by atoms with Gasteiger partial charge in [0, 0.05) is 27.4 Å². The van der Waals surface area contributed by atoms with Gasteiger partial charge in [-0.25, -0.2) is 0 Å². The van der Waals surface area contributed by atoms with E-state index in [0.29, 0.717) is 16.0 Å². The van der Waals surface area contributed by atoms with Gasteiger partial charge in [0.1, 0.15) is 10.4 Å². The number of nitrogens with one attached hydrogen (secondary N) is 1. The van der Waals surface area contributed by atoms with Gasteiger partial charge in [0.15, 0.2) is 5.78 Å². The highest BCUT2D eigenvalue weighted by Crippen LogP contribution is 2.40. The summed E-state index contributed by atoms with van der Waals surface area (Å²) in [5.41, 5.74) is 3.06. The van der Waals surface area contributed by atoms with E-state index < -0.39 is 0 Å². The summed E-state index contributed by atoms with van der Waals surface area (Å²) >= 11 is 1.42. The third kappa shape index (κ3) is 2.44. The number of carbonyl (C=O) groups excluding carboxylic acids is 1. The number of H-pyrrole nitrogens is 1. The second kappa shape index (κ2) is 5.86. The highest BCUT2D eigenvalue weighted by Gasteiger charge is 2.16. The van der Waals surface area contributed by atoms with Crippen LogP contribution in [0.15, 0.2) is 52.6 Å². The predicted molar refractivity (Wildman–Crippen MR) is 102 cm³/mol. The SMILES string of the molecule is COc1ccc2[nH]c(=O)c3sccc3c2c1-c1cccc(C(C)=O)c1. The summed E-state index contributed by atoms with van der Waals surface area (Å²) in [5.74, 6) is 0.711. The fourth-order valence-corrected chi connectivity index (χ4v) is 3.97. The number of aromatic amines is 1. The Morgan fingerprint density at radius 1 is 1.16 bits per heavy atom. The molecular weight excluding hydrogens is 334 g/mol. The first-order valence-electron chi connectivity index (χ1n) is 7.81. The van der Waals surface area contributed by atoms with E-state index in [1.807, 2.05) is 41.8 Å². The first-order chi connectivity index (χ1) is 12.1. The van der Waals surface area contributed by atoms with E-state index in [2.05, 4.69) is 4.98 Å². The molecule has 2 aromatic carbocycles. The first-order valence-corrected chi connectivity index (χ1v) is 8.69. The van der Waals surface area contributed by atoms with Crippen molar-refractivity contribution in [3.8, 4) is 16.9 Å². The zero-order valence-corrected chi connectivity index (χ0v) is 14.6. The molecule has 0 atom stereocenters. The van der Waals surface area contributed by atoms with Crippen molar-refractivity contribution in [2.24, 2.45) is 0 Å². The third-order valence-corrected chi connectivity index (χ3v) is 5.25. The van der Waals surface area contributed by atoms with Crippen LogP contribution in [-0.2, 0) is 0 Å². The maximum atomic E-state index is 12.3. The van der Waals surface area contributed by atoms with Gasteiger partial charge in [-0.1, -0.05) is 18.2 Å². The number of ketones is 1. The molecule has 0 amide bonds. The molecule has 4 aromatic rings. The molecule has 0 saturated carbocycles. The zero-order valence-electron chi connectivity index (χ0n) is 13.8. The molecule has 0 unspecified atom stereocenters. The number of hydrogen-bond donors (Lipinski definition) is 1. The van der Waals surface area contributed by atoms with Crippen LogP contribution in [0.1, 0.15) is 17.3 Å². The van der Waals surface area contributed by atoms with Gasteiger partial charge in [-0.15, -0.1) is 11.3 Å². The molecule has 2 aromatic heterocycles. The van der Waals surface area contributed by atoms with Crippen molar-refractivity contribution in [1.29, 1.82) is 0 Å². The van der Waals surface area contributed by atoms with Gasteiger partial charge in [0.2, 0.25) is 0 Å². The third-order valence-electron chi connectivity index (χ3n) is 4.33. The molecule has 0 aliphatic rings. The minimum atomic E-state index is -0.0916. The maximum Gasteiger partial charge on any atom is 0.266 e. The summed E-state index contributed by atoms with van der Waals surface area (Å²) in [6, 6.07) is 13.1. The molecule has 5 heteroatoms. The Bertz CT molecular complexity index is 1190. The van der Waals surface area contributed by atoms with Crippen molar-refractivity contribution >= 4 is 38.1 Å². The Kier molecular flexibility index (Phi) is 3.66. The topological polar surface area (TPSA) is 59.2 Å². The van der Waals surface area contributed by atoms with Crippen LogP contribution in [0.5, 0.6) is 5.75 Å². The van der Waals surface area contributed by atoms with Gasteiger partial charge < -0.3 is 9.72 Å². The van der Waals surface area contributed by atoms with Gasteiger partial charge >= 0.3 is 0 Å². The number of benzene rings is 2. The molecule has 0 bridgehead atoms. The Hall–Kier alpha value is -2.92. The lowest BCUT2D eigenvalue weighted by Gasteiger charge is -2.14. The van der Waals surface area contributed by atoms with Crippen LogP contribution in [0.25, 0.3) is 32.1 Å². The lowest BCUT2D eigenvalue weighted by Crippen LogP contribution is -2.05. The average molecular weight is 349 g/mol. The Labute approximate surface area is 147 Å². The predicted octanol–water partition coefficient (Wildman–Crippen LogP) is 4.62. The van der Waals surface area contributed by atoms with Crippen molar-refractivity contribution in [3.63, 3.8) is 0 Å². The van der Waals surface area contributed by atoms with Crippen LogP contribution in [0, 0.1) is 0 Å². The highest BCUT2D eigenvalue weighted by molar-refractivity contribution is 7.17. The van der Waals surface area contributed by atoms with Crippen molar-refractivity contribution in [1.82, 2.24) is 4.98 Å². The molecule has 4 rings (SSSR count). The maximum absolute atomic E-state index is 12.3. The van der Waals surface area contributed by atoms with E-state index in [4.69, 9.17) is 4.74 Å². The minimum absolute atomic E-state index is 0.00939. The fourth-order valence-electron chi connectivity index (χ4n) is 3.18. The van der Waals surface area contributed by atoms with Crippen LogP contribution < -0.4 is 10.3 Å². The Balaban J connectivity index is 2.18. The van der Waals surface area contributed by atoms with E-state index in [1.54, 1.807) is 20.1 Å². The number of thiophene rings is 1. The van der Waals surface area contributed by atoms with Crippen LogP contribution in [0.2, 0.25) is 0 Å². The number of carbonyl (C=O) groups is 1. The Morgan fingerprint density at radius 3 is 2.76 bits per heavy atom. The molecule has 0 saturated heterocycles. The molecule has 1 N–H and O–H groups in total. The zero-order chi connectivity index (χ0) is 17.6. The fraction of sp³-hybridized carbons (Fsp3) is 0.100. The van der Waals surface area contributed by atoms with E-state index >= 15 is 0 Å². The molecule has 0 spiro atoms. The summed E-state index contributed by atoms with van der Waals surface area (Å²) in [5, 5.41) is 3.73. The second-order valence-electron chi connectivity index (χ2n) is 5.82. The quantitative estimate of drug-likeness (QED) is 0.549. The number of aromatic nitrogens is 1.